The molecule has 0 aromatic carbocycles. The molecule has 148 valence electrons. The molecule has 0 saturated heterocycles. The molecule has 1 aliphatic carbocycles. The zero-order valence-corrected chi connectivity index (χ0v) is 16.2. The van der Waals surface area contributed by atoms with E-state index in [0.717, 1.165) is 35.3 Å². The predicted molar refractivity (Wildman–Crippen MR) is 106 cm³/mol. The van der Waals surface area contributed by atoms with Gasteiger partial charge in [-0.25, -0.2) is 18.9 Å². The number of aromatic nitrogens is 5. The average Bonchev–Trinajstić information content (AvgIpc) is 3.28. The molecule has 9 heteroatoms. The van der Waals surface area contributed by atoms with Crippen molar-refractivity contribution in [3.8, 4) is 0 Å². The van der Waals surface area contributed by atoms with Gasteiger partial charge in [0.25, 0.3) is 0 Å². The molecule has 1 spiro atoms. The Morgan fingerprint density at radius 2 is 2.21 bits per heavy atom. The predicted octanol–water partition coefficient (Wildman–Crippen LogP) is 3.21. The maximum Gasteiger partial charge on any atom is 0.239 e. The minimum Gasteiger partial charge on any atom is -0.323 e. The molecule has 3 aromatic heterocycles. The van der Waals surface area contributed by atoms with E-state index in [2.05, 4.69) is 31.9 Å². The third kappa shape index (κ3) is 2.68. The van der Waals surface area contributed by atoms with Crippen LogP contribution >= 0.6 is 0 Å². The smallest absolute Gasteiger partial charge is 0.239 e. The van der Waals surface area contributed by atoms with Gasteiger partial charge < -0.3 is 5.32 Å². The molecule has 8 nitrogen and oxygen atoms in total. The number of anilines is 3. The van der Waals surface area contributed by atoms with Crippen molar-refractivity contribution in [2.45, 2.75) is 44.6 Å². The number of rotatable bonds is 5. The number of pyridine rings is 1. The Bertz CT molecular complexity index is 1170. The summed E-state index contributed by atoms with van der Waals surface area (Å²) in [7, 11) is 0. The summed E-state index contributed by atoms with van der Waals surface area (Å²) in [5.74, 6) is 0.451. The monoisotopic (exact) mass is 393 g/mol. The molecule has 0 bridgehead atoms. The van der Waals surface area contributed by atoms with E-state index < -0.39 is 11.2 Å². The molecule has 1 unspecified atom stereocenters. The Morgan fingerprint density at radius 3 is 2.93 bits per heavy atom. The third-order valence-corrected chi connectivity index (χ3v) is 5.72. The van der Waals surface area contributed by atoms with Gasteiger partial charge in [0, 0.05) is 24.2 Å². The minimum atomic E-state index is -0.532. The first-order valence-corrected chi connectivity index (χ1v) is 9.50. The highest BCUT2D eigenvalue weighted by Crippen LogP contribution is 2.57. The van der Waals surface area contributed by atoms with Crippen molar-refractivity contribution in [3.05, 3.63) is 48.3 Å². The number of carbonyl (C=O) groups excluding carboxylic acids is 1. The second kappa shape index (κ2) is 6.07. The largest absolute Gasteiger partial charge is 0.323 e. The number of fused-ring (bicyclic) bond motifs is 3. The van der Waals surface area contributed by atoms with E-state index in [0.29, 0.717) is 11.8 Å². The van der Waals surface area contributed by atoms with Gasteiger partial charge in [-0.05, 0) is 38.3 Å². The lowest BCUT2D eigenvalue weighted by molar-refractivity contribution is -0.120. The summed E-state index contributed by atoms with van der Waals surface area (Å²) in [6.07, 6.45) is 6.65. The molecule has 1 fully saturated rings. The third-order valence-electron chi connectivity index (χ3n) is 5.72. The van der Waals surface area contributed by atoms with Gasteiger partial charge in [0.05, 0.1) is 23.1 Å². The molecule has 1 saturated carbocycles. The molecule has 2 aliphatic rings. The van der Waals surface area contributed by atoms with Crippen molar-refractivity contribution < 1.29 is 9.18 Å². The minimum absolute atomic E-state index is 0.0204. The van der Waals surface area contributed by atoms with Crippen LogP contribution in [0, 0.1) is 6.92 Å². The van der Waals surface area contributed by atoms with Crippen LogP contribution in [-0.2, 0) is 10.2 Å². The number of nitrogens with zero attached hydrogens (tertiary/aromatic N) is 6. The lowest BCUT2D eigenvalue weighted by Gasteiger charge is -2.24. The van der Waals surface area contributed by atoms with Crippen molar-refractivity contribution >= 4 is 29.0 Å². The van der Waals surface area contributed by atoms with Crippen molar-refractivity contribution in [2.75, 3.05) is 10.2 Å². The van der Waals surface area contributed by atoms with E-state index >= 15 is 0 Å². The molecule has 0 radical (unpaired) electrons. The lowest BCUT2D eigenvalue weighted by Crippen LogP contribution is -2.39. The number of hydrogen-bond acceptors (Lipinski definition) is 6. The number of amides is 1. The van der Waals surface area contributed by atoms with Crippen LogP contribution in [-0.4, -0.2) is 36.5 Å². The first-order chi connectivity index (χ1) is 13.9. The van der Waals surface area contributed by atoms with Crippen LogP contribution in [0.1, 0.15) is 37.3 Å². The Labute approximate surface area is 166 Å². The molecule has 1 atom stereocenters. The molecule has 3 aromatic rings. The van der Waals surface area contributed by atoms with Crippen molar-refractivity contribution in [2.24, 2.45) is 0 Å². The number of carbonyl (C=O) groups is 1. The van der Waals surface area contributed by atoms with Crippen molar-refractivity contribution in [1.82, 2.24) is 24.6 Å². The van der Waals surface area contributed by atoms with Gasteiger partial charge in [0.2, 0.25) is 11.9 Å². The number of halogens is 1. The van der Waals surface area contributed by atoms with E-state index in [1.54, 1.807) is 15.6 Å². The maximum atomic E-state index is 13.4. The number of hydrogen-bond donors (Lipinski definition) is 1. The van der Waals surface area contributed by atoms with Gasteiger partial charge in [0.15, 0.2) is 5.65 Å². The highest BCUT2D eigenvalue weighted by molar-refractivity contribution is 6.09. The van der Waals surface area contributed by atoms with Crippen LogP contribution in [0.2, 0.25) is 0 Å². The van der Waals surface area contributed by atoms with Gasteiger partial charge in [-0.1, -0.05) is 6.58 Å². The Morgan fingerprint density at radius 1 is 1.41 bits per heavy atom. The van der Waals surface area contributed by atoms with Crippen LogP contribution in [0.5, 0.6) is 0 Å². The van der Waals surface area contributed by atoms with Gasteiger partial charge in [-0.3, -0.25) is 9.69 Å². The van der Waals surface area contributed by atoms with Crippen LogP contribution in [0.15, 0.2) is 37.2 Å². The van der Waals surface area contributed by atoms with Crippen LogP contribution in [0.3, 0.4) is 0 Å². The molecular weight excluding hydrogens is 373 g/mol. The summed E-state index contributed by atoms with van der Waals surface area (Å²) in [5.41, 5.74) is 2.78. The van der Waals surface area contributed by atoms with Gasteiger partial charge in [-0.2, -0.15) is 10.1 Å². The summed E-state index contributed by atoms with van der Waals surface area (Å²) in [4.78, 5) is 27.9. The average molecular weight is 393 g/mol. The molecule has 29 heavy (non-hydrogen) atoms. The van der Waals surface area contributed by atoms with Gasteiger partial charge in [-0.15, -0.1) is 0 Å². The molecule has 1 N–H and O–H groups in total. The zero-order chi connectivity index (χ0) is 20.3. The van der Waals surface area contributed by atoms with Crippen LogP contribution in [0.4, 0.5) is 21.8 Å². The van der Waals surface area contributed by atoms with Crippen LogP contribution in [0.25, 0.3) is 5.65 Å². The molecule has 4 heterocycles. The van der Waals surface area contributed by atoms with E-state index in [9.17, 15) is 9.18 Å². The van der Waals surface area contributed by atoms with Crippen LogP contribution < -0.4 is 10.2 Å². The van der Waals surface area contributed by atoms with E-state index in [4.69, 9.17) is 0 Å². The topological polar surface area (TPSA) is 88.3 Å². The highest BCUT2D eigenvalue weighted by atomic mass is 19.1. The Balaban J connectivity index is 1.52. The van der Waals surface area contributed by atoms with Gasteiger partial charge in [0.1, 0.15) is 12.1 Å². The summed E-state index contributed by atoms with van der Waals surface area (Å²) in [6, 6.07) is 1.54. The summed E-state index contributed by atoms with van der Waals surface area (Å²) < 4.78 is 15.1. The Kier molecular flexibility index (Phi) is 3.71. The molecular formula is C20H20FN7O. The molecule has 1 amide bonds. The van der Waals surface area contributed by atoms with Gasteiger partial charge >= 0.3 is 0 Å². The molecule has 5 rings (SSSR count). The maximum absolute atomic E-state index is 13.4. The summed E-state index contributed by atoms with van der Waals surface area (Å²) >= 11 is 0. The summed E-state index contributed by atoms with van der Waals surface area (Å²) in [6.45, 7) is 7.10. The van der Waals surface area contributed by atoms with Crippen molar-refractivity contribution in [3.63, 3.8) is 0 Å². The first kappa shape index (κ1) is 17.7. The SMILES string of the molecule is C=C(F)CC(C)N1C(=O)C2(CC2)c2cnc(Nc3cn4ncnc4cc3C)nc21. The number of aryl methyl sites for hydroxylation is 1. The molecule has 1 aliphatic heterocycles. The quantitative estimate of drug-likeness (QED) is 0.716. The fourth-order valence-corrected chi connectivity index (χ4v) is 4.03. The normalized spacial score (nSPS) is 17.6. The second-order valence-corrected chi connectivity index (χ2v) is 7.82. The zero-order valence-electron chi connectivity index (χ0n) is 16.2. The highest BCUT2D eigenvalue weighted by Gasteiger charge is 2.61. The number of nitrogens with one attached hydrogen (secondary N) is 1. The standard InChI is InChI=1S/C20H20FN7O/c1-11-6-16-23-10-24-27(16)9-15(11)25-19-22-8-14-17(26-19)28(13(3)7-12(2)21)18(29)20(14)4-5-20/h6,8-10,13H,2,4-5,7H2,1,3H3,(H,22,25,26). The lowest BCUT2D eigenvalue weighted by atomic mass is 10.0. The van der Waals surface area contributed by atoms with E-state index in [-0.39, 0.29) is 18.4 Å². The fraction of sp³-hybridized carbons (Fsp3) is 0.350. The fourth-order valence-electron chi connectivity index (χ4n) is 4.03. The van der Waals surface area contributed by atoms with Crippen molar-refractivity contribution in [1.29, 1.82) is 0 Å². The Hall–Kier alpha value is -3.36. The van der Waals surface area contributed by atoms with E-state index in [1.165, 1.54) is 6.33 Å². The summed E-state index contributed by atoms with van der Waals surface area (Å²) in [5, 5.41) is 7.35. The first-order valence-electron chi connectivity index (χ1n) is 9.50. The van der Waals surface area contributed by atoms with E-state index in [1.807, 2.05) is 26.1 Å². The second-order valence-electron chi connectivity index (χ2n) is 7.82.